The molecule has 0 unspecified atom stereocenters. The summed E-state index contributed by atoms with van der Waals surface area (Å²) in [6, 6.07) is 11.9. The molecular formula is C23H25N3O3. The van der Waals surface area contributed by atoms with E-state index in [9.17, 15) is 9.90 Å². The average molecular weight is 391 g/mol. The molecule has 2 aliphatic rings. The van der Waals surface area contributed by atoms with Gasteiger partial charge in [0.15, 0.2) is 0 Å². The van der Waals surface area contributed by atoms with Crippen LogP contribution in [0.3, 0.4) is 0 Å². The third-order valence-corrected chi connectivity index (χ3v) is 6.05. The zero-order valence-electron chi connectivity index (χ0n) is 16.3. The lowest BCUT2D eigenvalue weighted by Gasteiger charge is -2.28. The highest BCUT2D eigenvalue weighted by molar-refractivity contribution is 5.94. The number of amides is 1. The molecule has 2 atom stereocenters. The Morgan fingerprint density at radius 2 is 2.14 bits per heavy atom. The number of nitrogens with zero attached hydrogens (tertiary/aromatic N) is 2. The molecule has 2 N–H and O–H groups in total. The normalized spacial score (nSPS) is 21.0. The number of hydrogen-bond donors (Lipinski definition) is 2. The number of aliphatic hydroxyl groups is 1. The number of rotatable bonds is 4. The summed E-state index contributed by atoms with van der Waals surface area (Å²) in [5.74, 6) is 0.793. The first-order chi connectivity index (χ1) is 14.2. The third-order valence-electron chi connectivity index (χ3n) is 6.05. The molecule has 0 spiro atoms. The number of hydrogen-bond acceptors (Lipinski definition) is 4. The summed E-state index contributed by atoms with van der Waals surface area (Å²) in [7, 11) is 0. The highest BCUT2D eigenvalue weighted by Crippen LogP contribution is 2.28. The topological polar surface area (TPSA) is 75.9 Å². The van der Waals surface area contributed by atoms with Crippen LogP contribution in [0.25, 0.3) is 5.52 Å². The second-order valence-corrected chi connectivity index (χ2v) is 8.02. The molecule has 0 saturated heterocycles. The Morgan fingerprint density at radius 1 is 1.24 bits per heavy atom. The van der Waals surface area contributed by atoms with Crippen molar-refractivity contribution in [1.82, 2.24) is 14.9 Å². The number of aromatic nitrogens is 2. The number of carbonyl (C=O) groups excluding carboxylic acids is 1. The van der Waals surface area contributed by atoms with Gasteiger partial charge < -0.3 is 15.2 Å². The number of benzene rings is 1. The Morgan fingerprint density at radius 3 is 3.03 bits per heavy atom. The molecule has 3 heterocycles. The van der Waals surface area contributed by atoms with E-state index < -0.39 is 6.10 Å². The molecule has 2 aromatic heterocycles. The van der Waals surface area contributed by atoms with E-state index >= 15 is 0 Å². The molecule has 1 fully saturated rings. The van der Waals surface area contributed by atoms with E-state index in [2.05, 4.69) is 22.5 Å². The van der Waals surface area contributed by atoms with Gasteiger partial charge in [-0.2, -0.15) is 5.10 Å². The van der Waals surface area contributed by atoms with Gasteiger partial charge in [0.1, 0.15) is 11.4 Å². The molecule has 1 aliphatic heterocycles. The first-order valence-electron chi connectivity index (χ1n) is 10.4. The molecule has 1 aromatic carbocycles. The summed E-state index contributed by atoms with van der Waals surface area (Å²) in [4.78, 5) is 13.0. The van der Waals surface area contributed by atoms with E-state index in [4.69, 9.17) is 4.74 Å². The Bertz CT molecular complexity index is 1060. The quantitative estimate of drug-likeness (QED) is 0.717. The number of nitrogens with one attached hydrogen (secondary N) is 1. The van der Waals surface area contributed by atoms with Gasteiger partial charge in [-0.25, -0.2) is 4.52 Å². The third kappa shape index (κ3) is 3.49. The number of carbonyl (C=O) groups is 1. The molecule has 1 saturated carbocycles. The van der Waals surface area contributed by atoms with Crippen LogP contribution in [0.2, 0.25) is 0 Å². The van der Waals surface area contributed by atoms with Crippen LogP contribution in [-0.4, -0.2) is 39.4 Å². The molecule has 6 nitrogen and oxygen atoms in total. The minimum atomic E-state index is -0.472. The molecule has 29 heavy (non-hydrogen) atoms. The first-order valence-corrected chi connectivity index (χ1v) is 10.4. The second kappa shape index (κ2) is 7.52. The van der Waals surface area contributed by atoms with Crippen molar-refractivity contribution in [3.63, 3.8) is 0 Å². The maximum absolute atomic E-state index is 13.0. The van der Waals surface area contributed by atoms with Gasteiger partial charge in [-0.05, 0) is 60.2 Å². The maximum atomic E-state index is 13.0. The lowest BCUT2D eigenvalue weighted by atomic mass is 9.92. The van der Waals surface area contributed by atoms with Gasteiger partial charge >= 0.3 is 0 Å². The van der Waals surface area contributed by atoms with E-state index in [-0.39, 0.29) is 11.9 Å². The van der Waals surface area contributed by atoms with Crippen molar-refractivity contribution >= 4 is 11.4 Å². The summed E-state index contributed by atoms with van der Waals surface area (Å²) in [5, 5.41) is 17.6. The Hall–Kier alpha value is -2.86. The lowest BCUT2D eigenvalue weighted by molar-refractivity contribution is 0.0712. The number of aliphatic hydroxyl groups excluding tert-OH is 1. The van der Waals surface area contributed by atoms with Crippen LogP contribution in [0, 0.1) is 0 Å². The van der Waals surface area contributed by atoms with E-state index in [0.29, 0.717) is 5.69 Å². The minimum Gasteiger partial charge on any atom is -0.493 e. The van der Waals surface area contributed by atoms with Crippen molar-refractivity contribution < 1.29 is 14.6 Å². The van der Waals surface area contributed by atoms with Crippen LogP contribution in [0.5, 0.6) is 5.75 Å². The Kier molecular flexibility index (Phi) is 4.72. The Labute approximate surface area is 169 Å². The van der Waals surface area contributed by atoms with Gasteiger partial charge in [-0.3, -0.25) is 4.79 Å². The standard InChI is InChI=1S/C23H25N3O3/c27-21-6-2-1-4-18(21)25-23(28)20-14-17(19-5-3-10-24-26(19)20)13-15-7-8-22-16(12-15)9-11-29-22/h3,5,7-8,10,12,14,18,21,27H,1-2,4,6,9,11,13H2,(H,25,28)/t18-,21-/m0/s1. The van der Waals surface area contributed by atoms with Crippen molar-refractivity contribution in [2.75, 3.05) is 6.61 Å². The summed E-state index contributed by atoms with van der Waals surface area (Å²) in [5.41, 5.74) is 4.94. The fourth-order valence-corrected chi connectivity index (χ4v) is 4.50. The molecule has 1 aliphatic carbocycles. The van der Waals surface area contributed by atoms with Crippen LogP contribution in [0.4, 0.5) is 0 Å². The summed E-state index contributed by atoms with van der Waals surface area (Å²) >= 11 is 0. The van der Waals surface area contributed by atoms with E-state index in [0.717, 1.165) is 62.0 Å². The molecule has 150 valence electrons. The van der Waals surface area contributed by atoms with Gasteiger partial charge in [0, 0.05) is 12.6 Å². The summed E-state index contributed by atoms with van der Waals surface area (Å²) < 4.78 is 7.31. The van der Waals surface area contributed by atoms with Crippen LogP contribution >= 0.6 is 0 Å². The van der Waals surface area contributed by atoms with Crippen molar-refractivity contribution in [2.45, 2.75) is 50.7 Å². The summed E-state index contributed by atoms with van der Waals surface area (Å²) in [6.07, 6.45) is 6.48. The van der Waals surface area contributed by atoms with Gasteiger partial charge in [-0.1, -0.05) is 25.0 Å². The highest BCUT2D eigenvalue weighted by Gasteiger charge is 2.26. The molecule has 0 radical (unpaired) electrons. The zero-order valence-corrected chi connectivity index (χ0v) is 16.3. The SMILES string of the molecule is O=C(N[C@H]1CCCC[C@@H]1O)c1cc(Cc2ccc3c(c2)CCO3)c2cccnn12. The number of fused-ring (bicyclic) bond motifs is 2. The molecule has 5 rings (SSSR count). The second-order valence-electron chi connectivity index (χ2n) is 8.02. The van der Waals surface area contributed by atoms with Crippen LogP contribution in [0.15, 0.2) is 42.6 Å². The van der Waals surface area contributed by atoms with Crippen molar-refractivity contribution in [3.8, 4) is 5.75 Å². The van der Waals surface area contributed by atoms with E-state index in [1.165, 1.54) is 11.1 Å². The van der Waals surface area contributed by atoms with Gasteiger partial charge in [0.2, 0.25) is 0 Å². The van der Waals surface area contributed by atoms with Crippen molar-refractivity contribution in [1.29, 1.82) is 0 Å². The first kappa shape index (κ1) is 18.2. The van der Waals surface area contributed by atoms with Crippen LogP contribution < -0.4 is 10.1 Å². The Balaban J connectivity index is 1.44. The van der Waals surface area contributed by atoms with Crippen molar-refractivity contribution in [3.05, 3.63) is 65.0 Å². The lowest BCUT2D eigenvalue weighted by Crippen LogP contribution is -2.45. The molecule has 6 heteroatoms. The highest BCUT2D eigenvalue weighted by atomic mass is 16.5. The predicted octanol–water partition coefficient (Wildman–Crippen LogP) is 2.89. The largest absolute Gasteiger partial charge is 0.493 e. The average Bonchev–Trinajstić information content (AvgIpc) is 3.34. The summed E-state index contributed by atoms with van der Waals surface area (Å²) in [6.45, 7) is 0.745. The zero-order chi connectivity index (χ0) is 19.8. The van der Waals surface area contributed by atoms with E-state index in [1.54, 1.807) is 10.7 Å². The van der Waals surface area contributed by atoms with Gasteiger partial charge in [0.05, 0.1) is 24.3 Å². The van der Waals surface area contributed by atoms with Crippen LogP contribution in [-0.2, 0) is 12.8 Å². The molecule has 0 bridgehead atoms. The van der Waals surface area contributed by atoms with E-state index in [1.807, 2.05) is 24.3 Å². The monoisotopic (exact) mass is 391 g/mol. The maximum Gasteiger partial charge on any atom is 0.270 e. The fourth-order valence-electron chi connectivity index (χ4n) is 4.50. The smallest absolute Gasteiger partial charge is 0.270 e. The molecule has 1 amide bonds. The van der Waals surface area contributed by atoms with Crippen molar-refractivity contribution in [2.24, 2.45) is 0 Å². The van der Waals surface area contributed by atoms with Crippen LogP contribution in [0.1, 0.15) is 52.9 Å². The number of ether oxygens (including phenoxy) is 1. The molecule has 3 aromatic rings. The van der Waals surface area contributed by atoms with Gasteiger partial charge in [-0.15, -0.1) is 0 Å². The minimum absolute atomic E-state index is 0.182. The van der Waals surface area contributed by atoms with Gasteiger partial charge in [0.25, 0.3) is 5.91 Å². The molecular weight excluding hydrogens is 366 g/mol. The predicted molar refractivity (Wildman–Crippen MR) is 109 cm³/mol. The fraction of sp³-hybridized carbons (Fsp3) is 0.391.